The van der Waals surface area contributed by atoms with Crippen LogP contribution in [0.15, 0.2) is 38.8 Å². The summed E-state index contributed by atoms with van der Waals surface area (Å²) in [5, 5.41) is 0. The number of rotatable bonds is 4. The Bertz CT molecular complexity index is 613. The monoisotopic (exact) mass is 453 g/mol. The van der Waals surface area contributed by atoms with Crippen molar-refractivity contribution < 1.29 is 0 Å². The Morgan fingerprint density at radius 2 is 1.24 bits per heavy atom. The van der Waals surface area contributed by atoms with E-state index >= 15 is 0 Å². The molecule has 186 valence electrons. The molecule has 0 aromatic rings. The molecule has 0 radical (unpaired) electrons. The van der Waals surface area contributed by atoms with Crippen molar-refractivity contribution in [3.8, 4) is 0 Å². The predicted molar refractivity (Wildman–Crippen MR) is 148 cm³/mol. The molecule has 0 spiro atoms. The minimum absolute atomic E-state index is 0.809. The molecule has 0 unspecified atom stereocenters. The SMILES string of the molecule is CN=C(C1CCCCC1)C1CCCCC1.CN=CC1=CCCC=C1.CN=CC1CCCCC1. The van der Waals surface area contributed by atoms with Gasteiger partial charge < -0.3 is 4.99 Å². The number of allylic oxidation sites excluding steroid dienone is 4. The lowest BCUT2D eigenvalue weighted by Crippen LogP contribution is -2.27. The Labute approximate surface area is 205 Å². The quantitative estimate of drug-likeness (QED) is 0.383. The van der Waals surface area contributed by atoms with Crippen LogP contribution in [0.4, 0.5) is 0 Å². The van der Waals surface area contributed by atoms with Gasteiger partial charge >= 0.3 is 0 Å². The summed E-state index contributed by atoms with van der Waals surface area (Å²) in [5.41, 5.74) is 2.83. The summed E-state index contributed by atoms with van der Waals surface area (Å²) in [6.45, 7) is 0. The summed E-state index contributed by atoms with van der Waals surface area (Å²) >= 11 is 0. The number of nitrogens with zero attached hydrogens (tertiary/aromatic N) is 3. The van der Waals surface area contributed by atoms with Crippen LogP contribution in [0.3, 0.4) is 0 Å². The Kier molecular flexibility index (Phi) is 15.0. The van der Waals surface area contributed by atoms with Crippen LogP contribution < -0.4 is 0 Å². The van der Waals surface area contributed by atoms with Gasteiger partial charge in [0.1, 0.15) is 0 Å². The van der Waals surface area contributed by atoms with E-state index in [2.05, 4.69) is 39.4 Å². The molecule has 0 heterocycles. The molecule has 3 heteroatoms. The Balaban J connectivity index is 0.000000186. The first-order valence-corrected chi connectivity index (χ1v) is 14.0. The third-order valence-corrected chi connectivity index (χ3v) is 7.62. The van der Waals surface area contributed by atoms with Crippen LogP contribution in [-0.2, 0) is 0 Å². The number of hydrogen-bond donors (Lipinski definition) is 0. The van der Waals surface area contributed by atoms with Gasteiger partial charge in [-0.2, -0.15) is 0 Å². The van der Waals surface area contributed by atoms with Crippen molar-refractivity contribution in [1.82, 2.24) is 0 Å². The van der Waals surface area contributed by atoms with E-state index in [1.807, 2.05) is 20.3 Å². The van der Waals surface area contributed by atoms with Crippen molar-refractivity contribution in [2.75, 3.05) is 21.1 Å². The maximum Gasteiger partial charge on any atom is 0.0278 e. The van der Waals surface area contributed by atoms with Crippen LogP contribution in [0, 0.1) is 17.8 Å². The lowest BCUT2D eigenvalue weighted by molar-refractivity contribution is 0.387. The fraction of sp³-hybridized carbons (Fsp3) is 0.767. The van der Waals surface area contributed by atoms with Gasteiger partial charge in [0.05, 0.1) is 0 Å². The van der Waals surface area contributed by atoms with Gasteiger partial charge in [0, 0.05) is 39.3 Å². The van der Waals surface area contributed by atoms with Gasteiger partial charge in [-0.25, -0.2) is 0 Å². The molecule has 4 aliphatic carbocycles. The molecule has 0 amide bonds. The first-order chi connectivity index (χ1) is 16.3. The summed E-state index contributed by atoms with van der Waals surface area (Å²) < 4.78 is 0. The van der Waals surface area contributed by atoms with Gasteiger partial charge in [-0.15, -0.1) is 0 Å². The molecular formula is C30H51N3. The van der Waals surface area contributed by atoms with Crippen LogP contribution in [0.1, 0.15) is 109 Å². The van der Waals surface area contributed by atoms with Crippen LogP contribution >= 0.6 is 0 Å². The van der Waals surface area contributed by atoms with E-state index in [4.69, 9.17) is 0 Å². The minimum Gasteiger partial charge on any atom is -0.301 e. The molecule has 0 saturated heterocycles. The fourth-order valence-electron chi connectivity index (χ4n) is 5.87. The van der Waals surface area contributed by atoms with Gasteiger partial charge in [-0.1, -0.05) is 76.0 Å². The maximum absolute atomic E-state index is 4.65. The molecule has 0 bridgehead atoms. The second kappa shape index (κ2) is 17.9. The number of hydrogen-bond acceptors (Lipinski definition) is 3. The zero-order chi connectivity index (χ0) is 23.6. The van der Waals surface area contributed by atoms with Gasteiger partial charge in [-0.05, 0) is 74.7 Å². The van der Waals surface area contributed by atoms with E-state index in [1.54, 1.807) is 12.8 Å². The van der Waals surface area contributed by atoms with Crippen molar-refractivity contribution in [3.05, 3.63) is 23.8 Å². The van der Waals surface area contributed by atoms with Gasteiger partial charge in [0.15, 0.2) is 0 Å². The number of aliphatic imine (C=N–C) groups is 3. The van der Waals surface area contributed by atoms with E-state index in [0.717, 1.165) is 24.2 Å². The van der Waals surface area contributed by atoms with E-state index < -0.39 is 0 Å². The average molecular weight is 454 g/mol. The topological polar surface area (TPSA) is 37.1 Å². The summed E-state index contributed by atoms with van der Waals surface area (Å²) in [5.74, 6) is 2.52. The van der Waals surface area contributed by atoms with E-state index in [1.165, 1.54) is 108 Å². The molecule has 0 aromatic carbocycles. The third kappa shape index (κ3) is 11.5. The van der Waals surface area contributed by atoms with Crippen LogP contribution in [0.5, 0.6) is 0 Å². The molecule has 33 heavy (non-hydrogen) atoms. The summed E-state index contributed by atoms with van der Waals surface area (Å²) in [6.07, 6.45) is 34.2. The first-order valence-electron chi connectivity index (χ1n) is 14.0. The highest BCUT2D eigenvalue weighted by Crippen LogP contribution is 2.33. The largest absolute Gasteiger partial charge is 0.301 e. The molecule has 0 aromatic heterocycles. The summed E-state index contributed by atoms with van der Waals surface area (Å²) in [4.78, 5) is 12.6. The average Bonchev–Trinajstić information content (AvgIpc) is 2.88. The second-order valence-corrected chi connectivity index (χ2v) is 10.2. The highest BCUT2D eigenvalue weighted by molar-refractivity contribution is 5.89. The Morgan fingerprint density at radius 1 is 0.697 bits per heavy atom. The van der Waals surface area contributed by atoms with E-state index in [-0.39, 0.29) is 0 Å². The van der Waals surface area contributed by atoms with Gasteiger partial charge in [0.2, 0.25) is 0 Å². The molecule has 3 saturated carbocycles. The molecule has 3 nitrogen and oxygen atoms in total. The van der Waals surface area contributed by atoms with E-state index in [9.17, 15) is 0 Å². The second-order valence-electron chi connectivity index (χ2n) is 10.2. The molecule has 4 aliphatic rings. The Hall–Kier alpha value is -1.51. The van der Waals surface area contributed by atoms with Crippen LogP contribution in [0.2, 0.25) is 0 Å². The standard InChI is InChI=1S/C14H25N.C8H15N.C8H11N/c1-15-14(12-8-4-2-5-9-12)13-10-6-3-7-11-13;2*1-9-7-8-5-3-2-4-6-8/h12-13H,2-11H2,1H3;7-8H,2-6H2,1H3;3,5-7H,2,4H2,1H3. The Morgan fingerprint density at radius 3 is 1.67 bits per heavy atom. The van der Waals surface area contributed by atoms with E-state index in [0.29, 0.717) is 0 Å². The van der Waals surface area contributed by atoms with Crippen molar-refractivity contribution in [2.24, 2.45) is 32.7 Å². The predicted octanol–water partition coefficient (Wildman–Crippen LogP) is 8.45. The molecular weight excluding hydrogens is 402 g/mol. The zero-order valence-corrected chi connectivity index (χ0v) is 22.0. The molecule has 3 fully saturated rings. The highest BCUT2D eigenvalue weighted by atomic mass is 14.7. The van der Waals surface area contributed by atoms with Crippen molar-refractivity contribution in [3.63, 3.8) is 0 Å². The van der Waals surface area contributed by atoms with Gasteiger partial charge in [0.25, 0.3) is 0 Å². The zero-order valence-electron chi connectivity index (χ0n) is 22.0. The van der Waals surface area contributed by atoms with Crippen molar-refractivity contribution >= 4 is 18.1 Å². The summed E-state index contributed by atoms with van der Waals surface area (Å²) in [7, 11) is 5.69. The van der Waals surface area contributed by atoms with Crippen LogP contribution in [0.25, 0.3) is 0 Å². The minimum atomic E-state index is 0.809. The lowest BCUT2D eigenvalue weighted by Gasteiger charge is -2.31. The van der Waals surface area contributed by atoms with Gasteiger partial charge in [-0.3, -0.25) is 9.98 Å². The molecule has 4 rings (SSSR count). The molecule has 0 atom stereocenters. The van der Waals surface area contributed by atoms with Crippen molar-refractivity contribution in [2.45, 2.75) is 109 Å². The van der Waals surface area contributed by atoms with Crippen molar-refractivity contribution in [1.29, 1.82) is 0 Å². The lowest BCUT2D eigenvalue weighted by atomic mass is 9.76. The fourth-order valence-corrected chi connectivity index (χ4v) is 5.87. The summed E-state index contributed by atoms with van der Waals surface area (Å²) in [6, 6.07) is 0. The maximum atomic E-state index is 4.65. The molecule has 0 N–H and O–H groups in total. The smallest absolute Gasteiger partial charge is 0.0278 e. The van der Waals surface area contributed by atoms with Crippen LogP contribution in [-0.4, -0.2) is 39.3 Å². The normalized spacial score (nSPS) is 22.8. The first kappa shape index (κ1) is 27.7. The third-order valence-electron chi connectivity index (χ3n) is 7.62. The molecule has 0 aliphatic heterocycles. The highest BCUT2D eigenvalue weighted by Gasteiger charge is 2.26.